The molecule has 0 aliphatic heterocycles. The normalized spacial score (nSPS) is 11.7. The minimum absolute atomic E-state index is 0. The Morgan fingerprint density at radius 3 is 2.58 bits per heavy atom. The summed E-state index contributed by atoms with van der Waals surface area (Å²) in [6.07, 6.45) is -2.65. The van der Waals surface area contributed by atoms with Crippen molar-refractivity contribution in [1.82, 2.24) is 20.4 Å². The summed E-state index contributed by atoms with van der Waals surface area (Å²) >= 11 is 0. The van der Waals surface area contributed by atoms with Gasteiger partial charge in [-0.15, -0.1) is 24.0 Å². The molecule has 0 bridgehead atoms. The number of rotatable bonds is 6. The highest BCUT2D eigenvalue weighted by molar-refractivity contribution is 14.0. The smallest absolute Gasteiger partial charge is 0.422 e. The van der Waals surface area contributed by atoms with E-state index in [-0.39, 0.29) is 29.7 Å². The Bertz CT molecular complexity index is 718. The third kappa shape index (κ3) is 7.50. The number of aliphatic imine (C=N–C) groups is 1. The number of hydrogen-bond acceptors (Lipinski definition) is 3. The number of alkyl halides is 3. The molecule has 0 saturated heterocycles. The first kappa shape index (κ1) is 22.1. The van der Waals surface area contributed by atoms with Crippen LogP contribution in [0.25, 0.3) is 0 Å². The second-order valence-corrected chi connectivity index (χ2v) is 5.28. The molecule has 1 aromatic heterocycles. The SMILES string of the molecule is CN=C(NCc1cccc(OCC(F)(F)F)c1)NCc1ccnn1C.I. The van der Waals surface area contributed by atoms with Gasteiger partial charge in [-0.25, -0.2) is 0 Å². The molecule has 0 atom stereocenters. The molecule has 0 amide bonds. The van der Waals surface area contributed by atoms with Gasteiger partial charge >= 0.3 is 6.18 Å². The summed E-state index contributed by atoms with van der Waals surface area (Å²) in [5.41, 5.74) is 1.77. The van der Waals surface area contributed by atoms with Gasteiger partial charge < -0.3 is 15.4 Å². The molecule has 0 aliphatic carbocycles. The largest absolute Gasteiger partial charge is 0.484 e. The topological polar surface area (TPSA) is 63.5 Å². The molecule has 144 valence electrons. The molecule has 0 spiro atoms. The van der Waals surface area contributed by atoms with E-state index >= 15 is 0 Å². The van der Waals surface area contributed by atoms with Crippen molar-refractivity contribution in [3.63, 3.8) is 0 Å². The van der Waals surface area contributed by atoms with Crippen molar-refractivity contribution in [3.8, 4) is 5.75 Å². The number of aryl methyl sites for hydroxylation is 1. The van der Waals surface area contributed by atoms with Crippen molar-refractivity contribution in [1.29, 1.82) is 0 Å². The van der Waals surface area contributed by atoms with Gasteiger partial charge in [0.05, 0.1) is 12.2 Å². The average Bonchev–Trinajstić information content (AvgIpc) is 2.98. The van der Waals surface area contributed by atoms with Crippen molar-refractivity contribution in [2.45, 2.75) is 19.3 Å². The predicted molar refractivity (Wildman–Crippen MR) is 104 cm³/mol. The van der Waals surface area contributed by atoms with Crippen molar-refractivity contribution >= 4 is 29.9 Å². The van der Waals surface area contributed by atoms with Gasteiger partial charge in [-0.3, -0.25) is 9.67 Å². The van der Waals surface area contributed by atoms with Crippen LogP contribution in [0, 0.1) is 0 Å². The van der Waals surface area contributed by atoms with E-state index in [9.17, 15) is 13.2 Å². The molecule has 6 nitrogen and oxygen atoms in total. The summed E-state index contributed by atoms with van der Waals surface area (Å²) in [5.74, 6) is 0.747. The summed E-state index contributed by atoms with van der Waals surface area (Å²) in [5, 5.41) is 10.3. The molecular weight excluding hydrogens is 462 g/mol. The second kappa shape index (κ2) is 10.2. The maximum atomic E-state index is 12.2. The zero-order chi connectivity index (χ0) is 18.3. The van der Waals surface area contributed by atoms with E-state index in [1.165, 1.54) is 6.07 Å². The summed E-state index contributed by atoms with van der Waals surface area (Å²) in [7, 11) is 3.49. The van der Waals surface area contributed by atoms with Gasteiger partial charge in [0, 0.05) is 26.8 Å². The van der Waals surface area contributed by atoms with Crippen LogP contribution in [0.3, 0.4) is 0 Å². The number of aromatic nitrogens is 2. The lowest BCUT2D eigenvalue weighted by Crippen LogP contribution is -2.36. The maximum Gasteiger partial charge on any atom is 0.422 e. The Hall–Kier alpha value is -1.98. The third-order valence-electron chi connectivity index (χ3n) is 3.34. The fraction of sp³-hybridized carbons (Fsp3) is 0.375. The van der Waals surface area contributed by atoms with Crippen molar-refractivity contribution in [3.05, 3.63) is 47.8 Å². The first-order valence-electron chi connectivity index (χ1n) is 7.57. The quantitative estimate of drug-likeness (QED) is 0.377. The summed E-state index contributed by atoms with van der Waals surface area (Å²) in [4.78, 5) is 4.11. The Kier molecular flexibility index (Phi) is 8.69. The highest BCUT2D eigenvalue weighted by atomic mass is 127. The van der Waals surface area contributed by atoms with Crippen LogP contribution >= 0.6 is 24.0 Å². The van der Waals surface area contributed by atoms with E-state index in [1.54, 1.807) is 36.1 Å². The molecule has 0 aliphatic rings. The van der Waals surface area contributed by atoms with Gasteiger partial charge in [0.1, 0.15) is 5.75 Å². The van der Waals surface area contributed by atoms with Gasteiger partial charge in [0.15, 0.2) is 12.6 Å². The monoisotopic (exact) mass is 483 g/mol. The van der Waals surface area contributed by atoms with E-state index in [0.29, 0.717) is 19.0 Å². The van der Waals surface area contributed by atoms with Gasteiger partial charge in [-0.1, -0.05) is 12.1 Å². The zero-order valence-corrected chi connectivity index (χ0v) is 16.7. The molecule has 0 radical (unpaired) electrons. The Labute approximate surface area is 166 Å². The lowest BCUT2D eigenvalue weighted by Gasteiger charge is -2.13. The summed E-state index contributed by atoms with van der Waals surface area (Å²) < 4.78 is 43.1. The zero-order valence-electron chi connectivity index (χ0n) is 14.4. The van der Waals surface area contributed by atoms with E-state index in [2.05, 4.69) is 20.7 Å². The third-order valence-corrected chi connectivity index (χ3v) is 3.34. The van der Waals surface area contributed by atoms with Crippen LogP contribution in [0.15, 0.2) is 41.5 Å². The van der Waals surface area contributed by atoms with Gasteiger partial charge in [0.25, 0.3) is 0 Å². The van der Waals surface area contributed by atoms with Gasteiger partial charge in [0.2, 0.25) is 0 Å². The molecule has 1 aromatic carbocycles. The number of halogens is 4. The first-order valence-corrected chi connectivity index (χ1v) is 7.57. The molecular formula is C16H21F3IN5O. The van der Waals surface area contributed by atoms with Crippen LogP contribution in [0.5, 0.6) is 5.75 Å². The highest BCUT2D eigenvalue weighted by Crippen LogP contribution is 2.19. The number of nitrogens with one attached hydrogen (secondary N) is 2. The lowest BCUT2D eigenvalue weighted by molar-refractivity contribution is -0.153. The molecule has 2 rings (SSSR count). The standard InChI is InChI=1S/C16H20F3N5O.HI/c1-20-15(22-10-13-6-7-23-24(13)2)21-9-12-4-3-5-14(8-12)25-11-16(17,18)19;/h3-8H,9-11H2,1-2H3,(H2,20,21,22);1H. The highest BCUT2D eigenvalue weighted by Gasteiger charge is 2.28. The molecule has 1 heterocycles. The van der Waals surface area contributed by atoms with Crippen LogP contribution in [-0.2, 0) is 20.1 Å². The van der Waals surface area contributed by atoms with Crippen molar-refractivity contribution < 1.29 is 17.9 Å². The molecule has 0 saturated carbocycles. The molecule has 2 N–H and O–H groups in total. The van der Waals surface area contributed by atoms with E-state index in [4.69, 9.17) is 4.74 Å². The Morgan fingerprint density at radius 1 is 1.23 bits per heavy atom. The number of nitrogens with zero attached hydrogens (tertiary/aromatic N) is 3. The van der Waals surface area contributed by atoms with Gasteiger partial charge in [-0.2, -0.15) is 18.3 Å². The summed E-state index contributed by atoms with van der Waals surface area (Å²) in [6.45, 7) is -0.364. The fourth-order valence-corrected chi connectivity index (χ4v) is 2.07. The average molecular weight is 483 g/mol. The minimum atomic E-state index is -4.36. The number of hydrogen-bond donors (Lipinski definition) is 2. The van der Waals surface area contributed by atoms with Crippen molar-refractivity contribution in [2.75, 3.05) is 13.7 Å². The van der Waals surface area contributed by atoms with Gasteiger partial charge in [-0.05, 0) is 23.8 Å². The minimum Gasteiger partial charge on any atom is -0.484 e. The predicted octanol–water partition coefficient (Wildman–Crippen LogP) is 2.84. The molecule has 10 heteroatoms. The Morgan fingerprint density at radius 2 is 1.96 bits per heavy atom. The fourth-order valence-electron chi connectivity index (χ4n) is 2.07. The first-order chi connectivity index (χ1) is 11.9. The van der Waals surface area contributed by atoms with Crippen LogP contribution in [0.2, 0.25) is 0 Å². The maximum absolute atomic E-state index is 12.2. The van der Waals surface area contributed by atoms with E-state index in [0.717, 1.165) is 11.3 Å². The van der Waals surface area contributed by atoms with E-state index < -0.39 is 12.8 Å². The molecule has 26 heavy (non-hydrogen) atoms. The van der Waals surface area contributed by atoms with E-state index in [1.807, 2.05) is 13.1 Å². The van der Waals surface area contributed by atoms with Crippen LogP contribution in [0.4, 0.5) is 13.2 Å². The Balaban J connectivity index is 0.00000338. The van der Waals surface area contributed by atoms with Crippen LogP contribution in [0.1, 0.15) is 11.3 Å². The molecule has 0 fully saturated rings. The molecule has 0 unspecified atom stereocenters. The second-order valence-electron chi connectivity index (χ2n) is 5.28. The number of guanidine groups is 1. The summed E-state index contributed by atoms with van der Waals surface area (Å²) in [6, 6.07) is 8.38. The van der Waals surface area contributed by atoms with Crippen LogP contribution < -0.4 is 15.4 Å². The molecule has 2 aromatic rings. The number of ether oxygens (including phenoxy) is 1. The van der Waals surface area contributed by atoms with Crippen molar-refractivity contribution in [2.24, 2.45) is 12.0 Å². The lowest BCUT2D eigenvalue weighted by atomic mass is 10.2. The number of benzene rings is 1. The van der Waals surface area contributed by atoms with Crippen LogP contribution in [-0.4, -0.2) is 35.6 Å².